The van der Waals surface area contributed by atoms with Gasteiger partial charge < -0.3 is 14.8 Å². The lowest BCUT2D eigenvalue weighted by molar-refractivity contribution is 0.102. The van der Waals surface area contributed by atoms with Crippen LogP contribution in [0.2, 0.25) is 0 Å². The molecule has 142 valence electrons. The highest BCUT2D eigenvalue weighted by Crippen LogP contribution is 2.28. The Morgan fingerprint density at radius 1 is 1.11 bits per heavy atom. The second-order valence-electron chi connectivity index (χ2n) is 6.07. The fraction of sp³-hybridized carbons (Fsp3) is 0.150. The van der Waals surface area contributed by atoms with Crippen molar-refractivity contribution in [2.75, 3.05) is 19.5 Å². The number of aryl methyl sites for hydroxylation is 1. The molecule has 2 heterocycles. The molecule has 2 aromatic heterocycles. The number of thiazole rings is 1. The molecule has 0 saturated carbocycles. The standard InChI is InChI=1S/C20H18N4O3S/c1-12-10-18(22-19(25)14-11-13(26-2)8-9-16(14)27-3)24(23-12)20-21-15-6-4-5-7-17(15)28-20/h4-11H,1-3H3,(H,22,25). The number of carbonyl (C=O) groups is 1. The van der Waals surface area contributed by atoms with E-state index in [0.717, 1.165) is 15.9 Å². The summed E-state index contributed by atoms with van der Waals surface area (Å²) in [5.74, 6) is 1.24. The molecule has 28 heavy (non-hydrogen) atoms. The van der Waals surface area contributed by atoms with Crippen LogP contribution < -0.4 is 14.8 Å². The molecule has 2 aromatic carbocycles. The Kier molecular flexibility index (Phi) is 4.70. The second kappa shape index (κ2) is 7.32. The van der Waals surface area contributed by atoms with Gasteiger partial charge in [-0.25, -0.2) is 4.98 Å². The molecular weight excluding hydrogens is 376 g/mol. The molecule has 0 bridgehead atoms. The monoisotopic (exact) mass is 394 g/mol. The predicted molar refractivity (Wildman–Crippen MR) is 109 cm³/mol. The zero-order valence-corrected chi connectivity index (χ0v) is 16.4. The van der Waals surface area contributed by atoms with Crippen LogP contribution in [0.15, 0.2) is 48.5 Å². The van der Waals surface area contributed by atoms with E-state index in [9.17, 15) is 4.79 Å². The molecule has 0 fully saturated rings. The molecule has 0 saturated heterocycles. The summed E-state index contributed by atoms with van der Waals surface area (Å²) >= 11 is 1.51. The average Bonchev–Trinajstić information content (AvgIpc) is 3.30. The maximum atomic E-state index is 12.9. The van der Waals surface area contributed by atoms with E-state index in [0.29, 0.717) is 28.0 Å². The van der Waals surface area contributed by atoms with Crippen LogP contribution in [0, 0.1) is 6.92 Å². The quantitative estimate of drug-likeness (QED) is 0.552. The minimum atomic E-state index is -0.321. The Hall–Kier alpha value is -3.39. The number of amides is 1. The van der Waals surface area contributed by atoms with E-state index in [1.165, 1.54) is 18.4 Å². The number of anilines is 1. The number of carbonyl (C=O) groups excluding carboxylic acids is 1. The summed E-state index contributed by atoms with van der Waals surface area (Å²) in [5, 5.41) is 8.08. The van der Waals surface area contributed by atoms with Crippen LogP contribution in [-0.2, 0) is 0 Å². The molecule has 0 aliphatic carbocycles. The lowest BCUT2D eigenvalue weighted by atomic mass is 10.1. The molecule has 0 radical (unpaired) electrons. The number of nitrogens with zero attached hydrogens (tertiary/aromatic N) is 3. The SMILES string of the molecule is COc1ccc(OC)c(C(=O)Nc2cc(C)nn2-c2nc3ccccc3s2)c1. The third-order valence-corrected chi connectivity index (χ3v) is 5.20. The number of rotatable bonds is 5. The Morgan fingerprint density at radius 3 is 2.68 bits per heavy atom. The van der Waals surface area contributed by atoms with Gasteiger partial charge in [0.25, 0.3) is 5.91 Å². The van der Waals surface area contributed by atoms with Crippen LogP contribution in [0.1, 0.15) is 16.1 Å². The molecule has 0 spiro atoms. The molecule has 8 heteroatoms. The number of fused-ring (bicyclic) bond motifs is 1. The maximum Gasteiger partial charge on any atom is 0.260 e. The highest BCUT2D eigenvalue weighted by Gasteiger charge is 2.18. The molecule has 0 aliphatic heterocycles. The van der Waals surface area contributed by atoms with Crippen molar-refractivity contribution < 1.29 is 14.3 Å². The normalized spacial score (nSPS) is 10.8. The van der Waals surface area contributed by atoms with Gasteiger partial charge in [0, 0.05) is 6.07 Å². The van der Waals surface area contributed by atoms with E-state index in [2.05, 4.69) is 15.4 Å². The minimum Gasteiger partial charge on any atom is -0.497 e. The van der Waals surface area contributed by atoms with Crippen LogP contribution in [0.3, 0.4) is 0 Å². The summed E-state index contributed by atoms with van der Waals surface area (Å²) in [5.41, 5.74) is 2.03. The highest BCUT2D eigenvalue weighted by atomic mass is 32.1. The van der Waals surface area contributed by atoms with E-state index in [1.54, 1.807) is 36.1 Å². The first kappa shape index (κ1) is 18.0. The third-order valence-electron chi connectivity index (χ3n) is 4.19. The largest absolute Gasteiger partial charge is 0.497 e. The molecule has 4 rings (SSSR count). The van der Waals surface area contributed by atoms with E-state index in [-0.39, 0.29) is 5.91 Å². The number of ether oxygens (including phenoxy) is 2. The van der Waals surface area contributed by atoms with E-state index < -0.39 is 0 Å². The van der Waals surface area contributed by atoms with Gasteiger partial charge in [-0.2, -0.15) is 9.78 Å². The molecule has 0 aliphatic rings. The first-order chi connectivity index (χ1) is 13.6. The Morgan fingerprint density at radius 2 is 1.93 bits per heavy atom. The van der Waals surface area contributed by atoms with Gasteiger partial charge in [-0.1, -0.05) is 23.5 Å². The second-order valence-corrected chi connectivity index (χ2v) is 7.08. The predicted octanol–water partition coefficient (Wildman–Crippen LogP) is 4.06. The number of benzene rings is 2. The van der Waals surface area contributed by atoms with Crippen molar-refractivity contribution in [2.24, 2.45) is 0 Å². The number of aromatic nitrogens is 3. The first-order valence-electron chi connectivity index (χ1n) is 8.55. The zero-order chi connectivity index (χ0) is 19.7. The summed E-state index contributed by atoms with van der Waals surface area (Å²) in [4.78, 5) is 17.5. The topological polar surface area (TPSA) is 78.3 Å². The fourth-order valence-corrected chi connectivity index (χ4v) is 3.79. The minimum absolute atomic E-state index is 0.321. The van der Waals surface area contributed by atoms with E-state index in [1.807, 2.05) is 31.2 Å². The summed E-state index contributed by atoms with van der Waals surface area (Å²) in [6.07, 6.45) is 0. The van der Waals surface area contributed by atoms with Crippen LogP contribution in [0.4, 0.5) is 5.82 Å². The Balaban J connectivity index is 1.70. The van der Waals surface area contributed by atoms with Crippen molar-refractivity contribution >= 4 is 33.3 Å². The number of hydrogen-bond acceptors (Lipinski definition) is 6. The molecular formula is C20H18N4O3S. The Bertz CT molecular complexity index is 1130. The maximum absolute atomic E-state index is 12.9. The van der Waals surface area contributed by atoms with Crippen LogP contribution >= 0.6 is 11.3 Å². The van der Waals surface area contributed by atoms with Gasteiger partial charge in [0.15, 0.2) is 0 Å². The van der Waals surface area contributed by atoms with Gasteiger partial charge in [-0.15, -0.1) is 0 Å². The lowest BCUT2D eigenvalue weighted by Crippen LogP contribution is -2.16. The third kappa shape index (κ3) is 3.29. The van der Waals surface area contributed by atoms with Crippen molar-refractivity contribution in [3.8, 4) is 16.6 Å². The first-order valence-corrected chi connectivity index (χ1v) is 9.36. The smallest absolute Gasteiger partial charge is 0.260 e. The van der Waals surface area contributed by atoms with E-state index in [4.69, 9.17) is 9.47 Å². The lowest BCUT2D eigenvalue weighted by Gasteiger charge is -2.11. The summed E-state index contributed by atoms with van der Waals surface area (Å²) in [6, 6.07) is 14.7. The average molecular weight is 394 g/mol. The molecule has 0 atom stereocenters. The zero-order valence-electron chi connectivity index (χ0n) is 15.6. The van der Waals surface area contributed by atoms with Crippen molar-refractivity contribution in [1.29, 1.82) is 0 Å². The molecule has 7 nitrogen and oxygen atoms in total. The summed E-state index contributed by atoms with van der Waals surface area (Å²) in [6.45, 7) is 1.87. The van der Waals surface area contributed by atoms with Crippen molar-refractivity contribution in [3.63, 3.8) is 0 Å². The number of methoxy groups -OCH3 is 2. The number of nitrogens with one attached hydrogen (secondary N) is 1. The van der Waals surface area contributed by atoms with Crippen LogP contribution in [0.25, 0.3) is 15.3 Å². The van der Waals surface area contributed by atoms with Crippen molar-refractivity contribution in [1.82, 2.24) is 14.8 Å². The number of hydrogen-bond donors (Lipinski definition) is 1. The van der Waals surface area contributed by atoms with Crippen molar-refractivity contribution in [3.05, 3.63) is 59.8 Å². The highest BCUT2D eigenvalue weighted by molar-refractivity contribution is 7.20. The van der Waals surface area contributed by atoms with Gasteiger partial charge in [-0.3, -0.25) is 4.79 Å². The summed E-state index contributed by atoms with van der Waals surface area (Å²) in [7, 11) is 3.07. The Labute approximate surface area is 165 Å². The van der Waals surface area contributed by atoms with Crippen LogP contribution in [0.5, 0.6) is 11.5 Å². The number of para-hydroxylation sites is 1. The van der Waals surface area contributed by atoms with Gasteiger partial charge in [0.05, 0.1) is 35.7 Å². The molecule has 4 aromatic rings. The molecule has 0 unspecified atom stereocenters. The van der Waals surface area contributed by atoms with E-state index >= 15 is 0 Å². The summed E-state index contributed by atoms with van der Waals surface area (Å²) < 4.78 is 13.2. The van der Waals surface area contributed by atoms with Gasteiger partial charge in [0.2, 0.25) is 5.13 Å². The van der Waals surface area contributed by atoms with Crippen molar-refractivity contribution in [2.45, 2.75) is 6.92 Å². The van der Waals surface area contributed by atoms with Crippen LogP contribution in [-0.4, -0.2) is 34.9 Å². The van der Waals surface area contributed by atoms with Gasteiger partial charge in [0.1, 0.15) is 17.3 Å². The fourth-order valence-electron chi connectivity index (χ4n) is 2.86. The molecule has 1 N–H and O–H groups in total. The van der Waals surface area contributed by atoms with Gasteiger partial charge >= 0.3 is 0 Å². The van der Waals surface area contributed by atoms with Gasteiger partial charge in [-0.05, 0) is 37.3 Å². The molecule has 1 amide bonds.